The van der Waals surface area contributed by atoms with Gasteiger partial charge in [-0.1, -0.05) is 32.9 Å². The fourth-order valence-corrected chi connectivity index (χ4v) is 3.97. The molecule has 3 aromatic rings. The summed E-state index contributed by atoms with van der Waals surface area (Å²) in [6.07, 6.45) is 8.17. The molecule has 1 unspecified atom stereocenters. The molecule has 0 radical (unpaired) electrons. The summed E-state index contributed by atoms with van der Waals surface area (Å²) in [5.41, 5.74) is 4.63. The monoisotopic (exact) mass is 339 g/mol. The molecule has 0 spiro atoms. The van der Waals surface area contributed by atoms with Gasteiger partial charge >= 0.3 is 0 Å². The predicted octanol–water partition coefficient (Wildman–Crippen LogP) is 4.05. The lowest BCUT2D eigenvalue weighted by Gasteiger charge is -2.20. The van der Waals surface area contributed by atoms with E-state index in [1.54, 1.807) is 17.7 Å². The molecule has 6 heteroatoms. The van der Waals surface area contributed by atoms with Gasteiger partial charge in [0.05, 0.1) is 17.3 Å². The van der Waals surface area contributed by atoms with Crippen LogP contribution in [0.3, 0.4) is 0 Å². The summed E-state index contributed by atoms with van der Waals surface area (Å²) in [6.45, 7) is 6.77. The minimum absolute atomic E-state index is 0.217. The van der Waals surface area contributed by atoms with Gasteiger partial charge in [0.2, 0.25) is 0 Å². The molecule has 2 N–H and O–H groups in total. The van der Waals surface area contributed by atoms with Crippen LogP contribution in [-0.4, -0.2) is 25.6 Å². The Morgan fingerprint density at radius 2 is 2.25 bits per heavy atom. The van der Waals surface area contributed by atoms with Crippen molar-refractivity contribution in [3.05, 3.63) is 40.5 Å². The Hall–Kier alpha value is -2.21. The lowest BCUT2D eigenvalue weighted by atomic mass is 9.88. The fourth-order valence-electron chi connectivity index (χ4n) is 3.04. The molecule has 0 aliphatic heterocycles. The largest absolute Gasteiger partial charge is 0.360 e. The number of H-pyrrole nitrogens is 1. The summed E-state index contributed by atoms with van der Waals surface area (Å²) < 4.78 is 4.69. The smallest absolute Gasteiger partial charge is 0.174 e. The second-order valence-corrected chi connectivity index (χ2v) is 8.35. The molecule has 1 aliphatic rings. The van der Waals surface area contributed by atoms with E-state index in [9.17, 15) is 0 Å². The quantitative estimate of drug-likeness (QED) is 0.755. The second kappa shape index (κ2) is 5.70. The lowest BCUT2D eigenvalue weighted by molar-refractivity contribution is 0.407. The number of aromatic amines is 1. The number of nitrogens with zero attached hydrogens (tertiary/aromatic N) is 3. The molecule has 24 heavy (non-hydrogen) atoms. The SMILES string of the molecule is CC(C)(C)Cc1nsc2c1C=CC(Nc1n[nH]c3cccnc13)C2. The Bertz CT molecular complexity index is 900. The number of hydrogen-bond acceptors (Lipinski definition) is 5. The van der Waals surface area contributed by atoms with Gasteiger partial charge in [-0.05, 0) is 35.5 Å². The van der Waals surface area contributed by atoms with Gasteiger partial charge in [0.15, 0.2) is 5.82 Å². The summed E-state index contributed by atoms with van der Waals surface area (Å²) in [6, 6.07) is 4.11. The maximum Gasteiger partial charge on any atom is 0.174 e. The molecule has 1 aliphatic carbocycles. The van der Waals surface area contributed by atoms with Crippen LogP contribution >= 0.6 is 11.5 Å². The normalized spacial score (nSPS) is 17.2. The molecule has 0 fully saturated rings. The highest BCUT2D eigenvalue weighted by molar-refractivity contribution is 7.06. The molecular formula is C18H21N5S. The third kappa shape index (κ3) is 2.94. The maximum absolute atomic E-state index is 4.69. The maximum atomic E-state index is 4.69. The van der Waals surface area contributed by atoms with Gasteiger partial charge < -0.3 is 5.32 Å². The first kappa shape index (κ1) is 15.3. The molecule has 4 rings (SSSR count). The summed E-state index contributed by atoms with van der Waals surface area (Å²) in [7, 11) is 0. The highest BCUT2D eigenvalue weighted by atomic mass is 32.1. The molecule has 0 amide bonds. The molecular weight excluding hydrogens is 318 g/mol. The van der Waals surface area contributed by atoms with Crippen LogP contribution in [0.15, 0.2) is 24.4 Å². The van der Waals surface area contributed by atoms with Crippen molar-refractivity contribution in [2.45, 2.75) is 39.7 Å². The summed E-state index contributed by atoms with van der Waals surface area (Å²) in [4.78, 5) is 5.75. The van der Waals surface area contributed by atoms with Crippen LogP contribution in [0, 0.1) is 5.41 Å². The average Bonchev–Trinajstić information content (AvgIpc) is 3.11. The molecule has 0 aromatic carbocycles. The fraction of sp³-hybridized carbons (Fsp3) is 0.389. The Balaban J connectivity index is 1.54. The van der Waals surface area contributed by atoms with Gasteiger partial charge in [-0.2, -0.15) is 9.47 Å². The van der Waals surface area contributed by atoms with Crippen molar-refractivity contribution in [1.29, 1.82) is 0 Å². The summed E-state index contributed by atoms with van der Waals surface area (Å²) >= 11 is 1.63. The van der Waals surface area contributed by atoms with Gasteiger partial charge in [-0.15, -0.1) is 0 Å². The van der Waals surface area contributed by atoms with Crippen molar-refractivity contribution in [2.24, 2.45) is 5.41 Å². The van der Waals surface area contributed by atoms with Crippen LogP contribution in [0.25, 0.3) is 17.1 Å². The van der Waals surface area contributed by atoms with Gasteiger partial charge in [0.25, 0.3) is 0 Å². The van der Waals surface area contributed by atoms with Crippen molar-refractivity contribution >= 4 is 34.5 Å². The topological polar surface area (TPSA) is 66.5 Å². The molecule has 5 nitrogen and oxygen atoms in total. The second-order valence-electron chi connectivity index (χ2n) is 7.49. The van der Waals surface area contributed by atoms with Crippen molar-refractivity contribution in [1.82, 2.24) is 19.6 Å². The summed E-state index contributed by atoms with van der Waals surface area (Å²) in [5, 5.41) is 10.9. The van der Waals surface area contributed by atoms with E-state index < -0.39 is 0 Å². The highest BCUT2D eigenvalue weighted by Gasteiger charge is 2.23. The Morgan fingerprint density at radius 1 is 1.38 bits per heavy atom. The van der Waals surface area contributed by atoms with Crippen LogP contribution in [0.5, 0.6) is 0 Å². The summed E-state index contributed by atoms with van der Waals surface area (Å²) in [5.74, 6) is 0.808. The number of aromatic nitrogens is 4. The molecule has 3 aromatic heterocycles. The van der Waals surface area contributed by atoms with E-state index in [1.165, 1.54) is 16.1 Å². The van der Waals surface area contributed by atoms with Crippen LogP contribution < -0.4 is 5.32 Å². The number of rotatable bonds is 3. The molecule has 1 atom stereocenters. The van der Waals surface area contributed by atoms with Crippen LogP contribution in [0.2, 0.25) is 0 Å². The van der Waals surface area contributed by atoms with E-state index >= 15 is 0 Å². The van der Waals surface area contributed by atoms with Gasteiger partial charge in [0, 0.05) is 23.1 Å². The Morgan fingerprint density at radius 3 is 3.08 bits per heavy atom. The van der Waals surface area contributed by atoms with Crippen LogP contribution in [0.1, 0.15) is 36.9 Å². The molecule has 0 saturated carbocycles. The third-order valence-electron chi connectivity index (χ3n) is 4.12. The number of fused-ring (bicyclic) bond motifs is 2. The Kier molecular flexibility index (Phi) is 3.64. The van der Waals surface area contributed by atoms with E-state index in [1.807, 2.05) is 12.1 Å². The van der Waals surface area contributed by atoms with E-state index in [-0.39, 0.29) is 11.5 Å². The van der Waals surface area contributed by atoms with Crippen molar-refractivity contribution in [3.63, 3.8) is 0 Å². The highest BCUT2D eigenvalue weighted by Crippen LogP contribution is 2.32. The van der Waals surface area contributed by atoms with Crippen molar-refractivity contribution in [2.75, 3.05) is 5.32 Å². The first-order valence-electron chi connectivity index (χ1n) is 8.21. The van der Waals surface area contributed by atoms with Crippen LogP contribution in [-0.2, 0) is 12.8 Å². The molecule has 3 heterocycles. The number of hydrogen-bond donors (Lipinski definition) is 2. The standard InChI is InChI=1S/C18H21N5S/c1-18(2,3)10-14-12-7-6-11(9-15(12)24-23-14)20-17-16-13(21-22-17)5-4-8-19-16/h4-8,11H,9-10H2,1-3H3,(H2,20,21,22). The zero-order chi connectivity index (χ0) is 16.7. The predicted molar refractivity (Wildman–Crippen MR) is 99.3 cm³/mol. The number of anilines is 1. The first-order valence-corrected chi connectivity index (χ1v) is 8.98. The first-order chi connectivity index (χ1) is 11.5. The lowest BCUT2D eigenvalue weighted by Crippen LogP contribution is -2.22. The minimum atomic E-state index is 0.217. The average molecular weight is 339 g/mol. The molecule has 0 saturated heterocycles. The zero-order valence-electron chi connectivity index (χ0n) is 14.1. The molecule has 0 bridgehead atoms. The number of nitrogens with one attached hydrogen (secondary N) is 2. The van der Waals surface area contributed by atoms with E-state index in [4.69, 9.17) is 4.37 Å². The molecule has 124 valence electrons. The van der Waals surface area contributed by atoms with Gasteiger partial charge in [0.1, 0.15) is 5.52 Å². The minimum Gasteiger partial charge on any atom is -0.360 e. The van der Waals surface area contributed by atoms with Crippen LogP contribution in [0.4, 0.5) is 5.82 Å². The Labute approximate surface area is 145 Å². The van der Waals surface area contributed by atoms with E-state index in [0.29, 0.717) is 0 Å². The van der Waals surface area contributed by atoms with Gasteiger partial charge in [-0.3, -0.25) is 10.1 Å². The zero-order valence-corrected chi connectivity index (χ0v) is 14.9. The van der Waals surface area contributed by atoms with E-state index in [0.717, 1.165) is 29.7 Å². The van der Waals surface area contributed by atoms with Crippen molar-refractivity contribution < 1.29 is 0 Å². The van der Waals surface area contributed by atoms with Crippen molar-refractivity contribution in [3.8, 4) is 0 Å². The third-order valence-corrected chi connectivity index (χ3v) is 5.04. The van der Waals surface area contributed by atoms with E-state index in [2.05, 4.69) is 53.4 Å². The number of pyridine rings is 1. The van der Waals surface area contributed by atoms with Gasteiger partial charge in [-0.25, -0.2) is 0 Å².